The van der Waals surface area contributed by atoms with E-state index in [1.54, 1.807) is 7.11 Å². The molecule has 0 spiro atoms. The van der Waals surface area contributed by atoms with Crippen LogP contribution in [0.2, 0.25) is 0 Å². The first-order chi connectivity index (χ1) is 11.2. The van der Waals surface area contributed by atoms with Gasteiger partial charge in [-0.25, -0.2) is 4.79 Å². The van der Waals surface area contributed by atoms with Crippen LogP contribution in [0.25, 0.3) is 0 Å². The molecule has 7 nitrogen and oxygen atoms in total. The summed E-state index contributed by atoms with van der Waals surface area (Å²) in [4.78, 5) is 14.3. The van der Waals surface area contributed by atoms with E-state index in [0.717, 1.165) is 30.6 Å². The molecule has 8 heteroatoms. The van der Waals surface area contributed by atoms with Crippen molar-refractivity contribution in [1.29, 1.82) is 0 Å². The van der Waals surface area contributed by atoms with Gasteiger partial charge in [-0.15, -0.1) is 11.6 Å². The molecule has 3 rings (SSSR count). The van der Waals surface area contributed by atoms with Crippen LogP contribution in [0.4, 0.5) is 10.5 Å². The van der Waals surface area contributed by atoms with Gasteiger partial charge in [0.15, 0.2) is 11.5 Å². The molecule has 0 bridgehead atoms. The van der Waals surface area contributed by atoms with Crippen molar-refractivity contribution in [3.05, 3.63) is 11.1 Å². The number of nitrogens with zero attached hydrogens (tertiary/aromatic N) is 1. The molecule has 0 atom stereocenters. The molecular weight excluding hydrogens is 322 g/mol. The van der Waals surface area contributed by atoms with Crippen molar-refractivity contribution in [3.63, 3.8) is 0 Å². The number of rotatable bonds is 4. The van der Waals surface area contributed by atoms with Crippen molar-refractivity contribution in [3.8, 4) is 17.2 Å². The molecule has 0 radical (unpaired) electrons. The minimum atomic E-state index is -0.311. The number of nitrogens with one attached hydrogen (secondary N) is 2. The summed E-state index contributed by atoms with van der Waals surface area (Å²) in [7, 11) is 3.67. The zero-order valence-electron chi connectivity index (χ0n) is 13.2. The lowest BCUT2D eigenvalue weighted by Crippen LogP contribution is -2.32. The van der Waals surface area contributed by atoms with Crippen molar-refractivity contribution >= 4 is 23.3 Å². The summed E-state index contributed by atoms with van der Waals surface area (Å²) in [5.74, 6) is 2.13. The van der Waals surface area contributed by atoms with E-state index in [1.807, 2.05) is 7.05 Å². The minimum Gasteiger partial charge on any atom is -0.492 e. The van der Waals surface area contributed by atoms with E-state index in [0.29, 0.717) is 35.4 Å². The molecule has 1 aromatic carbocycles. The topological polar surface area (TPSA) is 72.1 Å². The molecule has 0 saturated heterocycles. The number of ether oxygens (including phenoxy) is 3. The number of anilines is 1. The van der Waals surface area contributed by atoms with Crippen LogP contribution in [-0.2, 0) is 13.0 Å². The number of amides is 2. The van der Waals surface area contributed by atoms with Gasteiger partial charge < -0.3 is 29.7 Å². The molecule has 2 aliphatic heterocycles. The molecule has 1 aromatic rings. The Labute approximate surface area is 139 Å². The Morgan fingerprint density at radius 1 is 1.35 bits per heavy atom. The second-order valence-corrected chi connectivity index (χ2v) is 5.87. The first-order valence-corrected chi connectivity index (χ1v) is 7.99. The van der Waals surface area contributed by atoms with Crippen molar-refractivity contribution in [1.82, 2.24) is 10.2 Å². The molecule has 0 fully saturated rings. The number of hydrogen-bond acceptors (Lipinski definition) is 5. The zero-order chi connectivity index (χ0) is 16.4. The van der Waals surface area contributed by atoms with E-state index in [1.165, 1.54) is 0 Å². The molecule has 0 saturated carbocycles. The fourth-order valence-electron chi connectivity index (χ4n) is 2.96. The van der Waals surface area contributed by atoms with Gasteiger partial charge >= 0.3 is 6.03 Å². The fraction of sp³-hybridized carbons (Fsp3) is 0.533. The Morgan fingerprint density at radius 2 is 2.13 bits per heavy atom. The maximum Gasteiger partial charge on any atom is 0.319 e. The van der Waals surface area contributed by atoms with Gasteiger partial charge in [-0.1, -0.05) is 0 Å². The summed E-state index contributed by atoms with van der Waals surface area (Å²) < 4.78 is 16.7. The van der Waals surface area contributed by atoms with E-state index < -0.39 is 0 Å². The van der Waals surface area contributed by atoms with Crippen LogP contribution in [0.15, 0.2) is 0 Å². The summed E-state index contributed by atoms with van der Waals surface area (Å²) >= 11 is 5.60. The molecule has 0 unspecified atom stereocenters. The SMILES string of the molecule is COc1c2c(c(NC(=O)NCCCl)c3c1OCO3)CCN(C)C2. The third kappa shape index (κ3) is 2.98. The molecule has 2 heterocycles. The Balaban J connectivity index is 2.03. The Kier molecular flexibility index (Phi) is 4.68. The summed E-state index contributed by atoms with van der Waals surface area (Å²) in [6.07, 6.45) is 0.796. The lowest BCUT2D eigenvalue weighted by molar-refractivity contribution is 0.171. The van der Waals surface area contributed by atoms with Crippen LogP contribution in [-0.4, -0.2) is 50.9 Å². The smallest absolute Gasteiger partial charge is 0.319 e. The second-order valence-electron chi connectivity index (χ2n) is 5.49. The standard InChI is InChI=1S/C15H20ClN3O4/c1-19-6-3-9-10(7-19)12(21-2)14-13(22-8-23-14)11(9)18-15(20)17-5-4-16/h3-8H2,1-2H3,(H2,17,18,20). The Bertz CT molecular complexity index is 623. The van der Waals surface area contributed by atoms with Gasteiger partial charge in [0.25, 0.3) is 0 Å². The highest BCUT2D eigenvalue weighted by molar-refractivity contribution is 6.18. The molecule has 126 valence electrons. The molecule has 2 N–H and O–H groups in total. The highest BCUT2D eigenvalue weighted by Gasteiger charge is 2.33. The number of halogens is 1. The van der Waals surface area contributed by atoms with Crippen LogP contribution in [0, 0.1) is 0 Å². The molecule has 2 amide bonds. The van der Waals surface area contributed by atoms with E-state index >= 15 is 0 Å². The highest BCUT2D eigenvalue weighted by Crippen LogP contribution is 2.52. The number of hydrogen-bond donors (Lipinski definition) is 2. The van der Waals surface area contributed by atoms with Crippen LogP contribution in [0.1, 0.15) is 11.1 Å². The third-order valence-electron chi connectivity index (χ3n) is 3.98. The van der Waals surface area contributed by atoms with Gasteiger partial charge in [0, 0.05) is 31.1 Å². The number of benzene rings is 1. The second kappa shape index (κ2) is 6.72. The van der Waals surface area contributed by atoms with Crippen molar-refractivity contribution in [2.45, 2.75) is 13.0 Å². The Morgan fingerprint density at radius 3 is 2.87 bits per heavy atom. The fourth-order valence-corrected chi connectivity index (χ4v) is 3.05. The normalized spacial score (nSPS) is 16.0. The monoisotopic (exact) mass is 341 g/mol. The number of fused-ring (bicyclic) bond motifs is 2. The highest BCUT2D eigenvalue weighted by atomic mass is 35.5. The Hall–Kier alpha value is -1.86. The average Bonchev–Trinajstić information content (AvgIpc) is 3.02. The largest absolute Gasteiger partial charge is 0.492 e. The van der Waals surface area contributed by atoms with Crippen molar-refractivity contribution in [2.24, 2.45) is 0 Å². The summed E-state index contributed by atoms with van der Waals surface area (Å²) in [6.45, 7) is 2.14. The first kappa shape index (κ1) is 16.0. The summed E-state index contributed by atoms with van der Waals surface area (Å²) in [6, 6.07) is -0.311. The zero-order valence-corrected chi connectivity index (χ0v) is 14.0. The summed E-state index contributed by atoms with van der Waals surface area (Å²) in [5, 5.41) is 5.58. The van der Waals surface area contributed by atoms with Crippen LogP contribution in [0.3, 0.4) is 0 Å². The average molecular weight is 342 g/mol. The molecule has 2 aliphatic rings. The van der Waals surface area contributed by atoms with Gasteiger partial charge in [-0.3, -0.25) is 0 Å². The predicted octanol–water partition coefficient (Wildman–Crippen LogP) is 1.77. The number of carbonyl (C=O) groups excluding carboxylic acids is 1. The van der Waals surface area contributed by atoms with E-state index in [9.17, 15) is 4.79 Å². The molecule has 0 aromatic heterocycles. The maximum absolute atomic E-state index is 12.1. The molecule has 0 aliphatic carbocycles. The van der Waals surface area contributed by atoms with Crippen LogP contribution in [0.5, 0.6) is 17.2 Å². The predicted molar refractivity (Wildman–Crippen MR) is 86.9 cm³/mol. The van der Waals surface area contributed by atoms with Crippen molar-refractivity contribution < 1.29 is 19.0 Å². The lowest BCUT2D eigenvalue weighted by atomic mass is 9.95. The van der Waals surface area contributed by atoms with Gasteiger partial charge in [-0.2, -0.15) is 0 Å². The van der Waals surface area contributed by atoms with E-state index in [-0.39, 0.29) is 12.8 Å². The number of alkyl halides is 1. The number of urea groups is 1. The first-order valence-electron chi connectivity index (χ1n) is 7.46. The van der Waals surface area contributed by atoms with Crippen LogP contribution >= 0.6 is 11.6 Å². The van der Waals surface area contributed by atoms with Gasteiger partial charge in [0.1, 0.15) is 0 Å². The maximum atomic E-state index is 12.1. The minimum absolute atomic E-state index is 0.113. The molecular formula is C15H20ClN3O4. The summed E-state index contributed by atoms with van der Waals surface area (Å²) in [5.41, 5.74) is 2.72. The van der Waals surface area contributed by atoms with Gasteiger partial charge in [-0.05, 0) is 19.0 Å². The van der Waals surface area contributed by atoms with E-state index in [2.05, 4.69) is 15.5 Å². The third-order valence-corrected chi connectivity index (χ3v) is 4.17. The van der Waals surface area contributed by atoms with E-state index in [4.69, 9.17) is 25.8 Å². The lowest BCUT2D eigenvalue weighted by Gasteiger charge is -2.29. The number of methoxy groups -OCH3 is 1. The number of carbonyl (C=O) groups is 1. The van der Waals surface area contributed by atoms with Gasteiger partial charge in [0.05, 0.1) is 12.8 Å². The number of likely N-dealkylation sites (N-methyl/N-ethyl adjacent to an activating group) is 1. The molecule has 23 heavy (non-hydrogen) atoms. The van der Waals surface area contributed by atoms with Crippen molar-refractivity contribution in [2.75, 3.05) is 45.2 Å². The quantitative estimate of drug-likeness (QED) is 0.817. The van der Waals surface area contributed by atoms with Crippen LogP contribution < -0.4 is 24.8 Å². The van der Waals surface area contributed by atoms with Gasteiger partial charge in [0.2, 0.25) is 12.5 Å².